The SMILES string of the molecule is CCNC1COCC1C(=O)N1CCN(c2nccs2)CC1. The van der Waals surface area contributed by atoms with Gasteiger partial charge in [0.2, 0.25) is 5.91 Å². The number of likely N-dealkylation sites (N-methyl/N-ethyl adjacent to an activating group) is 1. The number of rotatable bonds is 4. The van der Waals surface area contributed by atoms with Crippen molar-refractivity contribution in [2.75, 3.05) is 50.8 Å². The van der Waals surface area contributed by atoms with Crippen molar-refractivity contribution in [2.24, 2.45) is 5.92 Å². The summed E-state index contributed by atoms with van der Waals surface area (Å²) in [5.74, 6) is 0.202. The van der Waals surface area contributed by atoms with Crippen LogP contribution in [-0.2, 0) is 9.53 Å². The van der Waals surface area contributed by atoms with Crippen molar-refractivity contribution in [3.8, 4) is 0 Å². The molecule has 0 aromatic carbocycles. The second-order valence-corrected chi connectivity index (χ2v) is 6.31. The van der Waals surface area contributed by atoms with Crippen molar-refractivity contribution in [2.45, 2.75) is 13.0 Å². The molecule has 0 bridgehead atoms. The lowest BCUT2D eigenvalue weighted by Crippen LogP contribution is -2.53. The van der Waals surface area contributed by atoms with Crippen LogP contribution in [0.15, 0.2) is 11.6 Å². The van der Waals surface area contributed by atoms with E-state index < -0.39 is 0 Å². The Balaban J connectivity index is 1.55. The molecule has 0 spiro atoms. The second kappa shape index (κ2) is 6.72. The fourth-order valence-electron chi connectivity index (χ4n) is 2.99. The molecule has 21 heavy (non-hydrogen) atoms. The summed E-state index contributed by atoms with van der Waals surface area (Å²) in [6.45, 7) is 7.38. The van der Waals surface area contributed by atoms with Crippen molar-refractivity contribution < 1.29 is 9.53 Å². The van der Waals surface area contributed by atoms with Crippen LogP contribution in [0.4, 0.5) is 5.13 Å². The number of amides is 1. The van der Waals surface area contributed by atoms with E-state index in [2.05, 4.69) is 22.1 Å². The number of anilines is 1. The number of carbonyl (C=O) groups excluding carboxylic acids is 1. The van der Waals surface area contributed by atoms with Crippen LogP contribution in [0.3, 0.4) is 0 Å². The second-order valence-electron chi connectivity index (χ2n) is 5.44. The van der Waals surface area contributed by atoms with Gasteiger partial charge >= 0.3 is 0 Å². The number of carbonyl (C=O) groups is 1. The Morgan fingerprint density at radius 1 is 1.43 bits per heavy atom. The Kier molecular flexibility index (Phi) is 4.72. The summed E-state index contributed by atoms with van der Waals surface area (Å²) >= 11 is 1.65. The van der Waals surface area contributed by atoms with Gasteiger partial charge in [0.25, 0.3) is 0 Å². The van der Waals surface area contributed by atoms with Crippen LogP contribution in [0.1, 0.15) is 6.92 Å². The van der Waals surface area contributed by atoms with E-state index in [1.807, 2.05) is 16.5 Å². The molecular weight excluding hydrogens is 288 g/mol. The van der Waals surface area contributed by atoms with Gasteiger partial charge in [0, 0.05) is 43.8 Å². The van der Waals surface area contributed by atoms with Crippen LogP contribution in [0.5, 0.6) is 0 Å². The van der Waals surface area contributed by atoms with Gasteiger partial charge in [-0.25, -0.2) is 4.98 Å². The van der Waals surface area contributed by atoms with Crippen molar-refractivity contribution in [1.29, 1.82) is 0 Å². The van der Waals surface area contributed by atoms with Crippen LogP contribution in [0.2, 0.25) is 0 Å². The summed E-state index contributed by atoms with van der Waals surface area (Å²) in [7, 11) is 0. The average molecular weight is 310 g/mol. The number of ether oxygens (including phenoxy) is 1. The minimum atomic E-state index is -0.0311. The lowest BCUT2D eigenvalue weighted by Gasteiger charge is -2.36. The van der Waals surface area contributed by atoms with E-state index in [0.29, 0.717) is 13.2 Å². The highest BCUT2D eigenvalue weighted by atomic mass is 32.1. The van der Waals surface area contributed by atoms with Gasteiger partial charge in [-0.2, -0.15) is 0 Å². The standard InChI is InChI=1S/C14H22N4O2S/c1-2-15-12-10-20-9-11(12)13(19)17-4-6-18(7-5-17)14-16-3-8-21-14/h3,8,11-12,15H,2,4-7,9-10H2,1H3. The Morgan fingerprint density at radius 2 is 2.24 bits per heavy atom. The molecule has 6 nitrogen and oxygen atoms in total. The monoisotopic (exact) mass is 310 g/mol. The summed E-state index contributed by atoms with van der Waals surface area (Å²) in [5, 5.41) is 6.40. The summed E-state index contributed by atoms with van der Waals surface area (Å²) in [4.78, 5) is 21.2. The van der Waals surface area contributed by atoms with Gasteiger partial charge in [-0.3, -0.25) is 4.79 Å². The van der Waals surface area contributed by atoms with E-state index in [1.165, 1.54) is 0 Å². The molecule has 2 fully saturated rings. The maximum atomic E-state index is 12.7. The fourth-order valence-corrected chi connectivity index (χ4v) is 3.68. The number of hydrogen-bond acceptors (Lipinski definition) is 6. The average Bonchev–Trinajstić information content (AvgIpc) is 3.19. The van der Waals surface area contributed by atoms with Crippen molar-refractivity contribution in [3.05, 3.63) is 11.6 Å². The molecule has 0 radical (unpaired) electrons. The van der Waals surface area contributed by atoms with Crippen LogP contribution < -0.4 is 10.2 Å². The minimum absolute atomic E-state index is 0.0311. The Labute approximate surface area is 129 Å². The molecule has 7 heteroatoms. The summed E-state index contributed by atoms with van der Waals surface area (Å²) < 4.78 is 5.49. The zero-order chi connectivity index (χ0) is 14.7. The smallest absolute Gasteiger partial charge is 0.229 e. The quantitative estimate of drug-likeness (QED) is 0.873. The number of nitrogens with one attached hydrogen (secondary N) is 1. The van der Waals surface area contributed by atoms with Crippen LogP contribution in [0.25, 0.3) is 0 Å². The molecule has 2 aliphatic rings. The van der Waals surface area contributed by atoms with Crippen LogP contribution >= 0.6 is 11.3 Å². The highest BCUT2D eigenvalue weighted by molar-refractivity contribution is 7.13. The molecule has 1 aromatic heterocycles. The topological polar surface area (TPSA) is 57.7 Å². The number of nitrogens with zero attached hydrogens (tertiary/aromatic N) is 3. The van der Waals surface area contributed by atoms with E-state index >= 15 is 0 Å². The van der Waals surface area contributed by atoms with Gasteiger partial charge in [-0.05, 0) is 6.54 Å². The fraction of sp³-hybridized carbons (Fsp3) is 0.714. The summed E-state index contributed by atoms with van der Waals surface area (Å²) in [5.41, 5.74) is 0. The molecule has 2 aliphatic heterocycles. The Morgan fingerprint density at radius 3 is 2.90 bits per heavy atom. The van der Waals surface area contributed by atoms with Crippen LogP contribution in [-0.4, -0.2) is 67.8 Å². The first-order valence-electron chi connectivity index (χ1n) is 7.54. The molecule has 2 saturated heterocycles. The molecule has 2 atom stereocenters. The van der Waals surface area contributed by atoms with Crippen molar-refractivity contribution in [1.82, 2.24) is 15.2 Å². The summed E-state index contributed by atoms with van der Waals surface area (Å²) in [6, 6.07) is 0.166. The van der Waals surface area contributed by atoms with E-state index in [1.54, 1.807) is 11.3 Å². The van der Waals surface area contributed by atoms with Crippen molar-refractivity contribution >= 4 is 22.4 Å². The molecule has 2 unspecified atom stereocenters. The molecule has 0 saturated carbocycles. The van der Waals surface area contributed by atoms with E-state index in [0.717, 1.165) is 37.9 Å². The predicted octanol–water partition coefficient (Wildman–Crippen LogP) is 0.416. The normalized spacial score (nSPS) is 26.3. The highest BCUT2D eigenvalue weighted by Crippen LogP contribution is 2.21. The molecule has 116 valence electrons. The zero-order valence-corrected chi connectivity index (χ0v) is 13.1. The van der Waals surface area contributed by atoms with Gasteiger partial charge in [-0.15, -0.1) is 11.3 Å². The largest absolute Gasteiger partial charge is 0.379 e. The highest BCUT2D eigenvalue weighted by Gasteiger charge is 2.37. The van der Waals surface area contributed by atoms with E-state index in [-0.39, 0.29) is 17.9 Å². The lowest BCUT2D eigenvalue weighted by atomic mass is 10.0. The van der Waals surface area contributed by atoms with Gasteiger partial charge in [0.05, 0.1) is 19.1 Å². The summed E-state index contributed by atoms with van der Waals surface area (Å²) in [6.07, 6.45) is 1.83. The third-order valence-electron chi connectivity index (χ3n) is 4.15. The third-order valence-corrected chi connectivity index (χ3v) is 4.98. The van der Waals surface area contributed by atoms with Gasteiger partial charge in [0.1, 0.15) is 0 Å². The maximum Gasteiger partial charge on any atom is 0.229 e. The van der Waals surface area contributed by atoms with E-state index in [9.17, 15) is 4.79 Å². The zero-order valence-electron chi connectivity index (χ0n) is 12.3. The molecule has 1 N–H and O–H groups in total. The predicted molar refractivity (Wildman–Crippen MR) is 82.7 cm³/mol. The van der Waals surface area contributed by atoms with E-state index in [4.69, 9.17) is 4.74 Å². The molecule has 1 aromatic rings. The molecule has 0 aliphatic carbocycles. The number of thiazole rings is 1. The first-order chi connectivity index (χ1) is 10.3. The molecule has 1 amide bonds. The number of aromatic nitrogens is 1. The minimum Gasteiger partial charge on any atom is -0.379 e. The van der Waals surface area contributed by atoms with Crippen LogP contribution in [0, 0.1) is 5.92 Å². The van der Waals surface area contributed by atoms with Gasteiger partial charge < -0.3 is 19.9 Å². The lowest BCUT2D eigenvalue weighted by molar-refractivity contribution is -0.136. The van der Waals surface area contributed by atoms with Gasteiger partial charge in [0.15, 0.2) is 5.13 Å². The maximum absolute atomic E-state index is 12.7. The first-order valence-corrected chi connectivity index (χ1v) is 8.42. The van der Waals surface area contributed by atoms with Crippen molar-refractivity contribution in [3.63, 3.8) is 0 Å². The Hall–Kier alpha value is -1.18. The van der Waals surface area contributed by atoms with Gasteiger partial charge in [-0.1, -0.05) is 6.92 Å². The molecule has 3 rings (SSSR count). The first kappa shape index (κ1) is 14.7. The third kappa shape index (κ3) is 3.20. The number of hydrogen-bond donors (Lipinski definition) is 1. The number of piperazine rings is 1. The molecule has 3 heterocycles. The Bertz CT molecular complexity index is 460. The molecular formula is C14H22N4O2S.